The molecule has 0 radical (unpaired) electrons. The maximum Gasteiger partial charge on any atom is 0.0768 e. The number of hydrogen-bond acceptors (Lipinski definition) is 4. The first-order valence-electron chi connectivity index (χ1n) is 4.16. The van der Waals surface area contributed by atoms with Crippen molar-refractivity contribution in [3.63, 3.8) is 0 Å². The molecule has 0 aliphatic heterocycles. The van der Waals surface area contributed by atoms with Crippen LogP contribution in [-0.4, -0.2) is 45.8 Å². The van der Waals surface area contributed by atoms with Crippen LogP contribution in [0, 0.1) is 0 Å². The Morgan fingerprint density at radius 3 is 1.67 bits per heavy atom. The molecule has 0 heterocycles. The molecular weight excluding hydrogens is 160 g/mol. The van der Waals surface area contributed by atoms with Gasteiger partial charge in [0.25, 0.3) is 0 Å². The maximum absolute atomic E-state index is 8.42. The number of rotatable bonds is 4. The molecule has 0 aromatic carbocycles. The SMILES string of the molecule is CC(O)CCO.CCC(O)CO. The summed E-state index contributed by atoms with van der Waals surface area (Å²) in [4.78, 5) is 0. The molecular formula is C8H20O4. The molecule has 0 amide bonds. The molecule has 0 aliphatic rings. The molecule has 4 heteroatoms. The lowest BCUT2D eigenvalue weighted by Crippen LogP contribution is -2.08. The predicted molar refractivity (Wildman–Crippen MR) is 46.8 cm³/mol. The lowest BCUT2D eigenvalue weighted by atomic mass is 10.3. The summed E-state index contributed by atoms with van der Waals surface area (Å²) in [7, 11) is 0. The van der Waals surface area contributed by atoms with Gasteiger partial charge in [0, 0.05) is 6.61 Å². The van der Waals surface area contributed by atoms with Gasteiger partial charge >= 0.3 is 0 Å². The third-order valence-electron chi connectivity index (χ3n) is 1.23. The van der Waals surface area contributed by atoms with Crippen LogP contribution in [0.3, 0.4) is 0 Å². The second-order valence-corrected chi connectivity index (χ2v) is 2.61. The zero-order valence-corrected chi connectivity index (χ0v) is 7.77. The van der Waals surface area contributed by atoms with E-state index in [0.29, 0.717) is 12.8 Å². The van der Waals surface area contributed by atoms with Crippen molar-refractivity contribution in [2.45, 2.75) is 38.9 Å². The highest BCUT2D eigenvalue weighted by atomic mass is 16.3. The summed E-state index contributed by atoms with van der Waals surface area (Å²) in [5.41, 5.74) is 0. The van der Waals surface area contributed by atoms with E-state index < -0.39 is 6.10 Å². The van der Waals surface area contributed by atoms with E-state index >= 15 is 0 Å². The summed E-state index contributed by atoms with van der Waals surface area (Å²) >= 11 is 0. The zero-order chi connectivity index (χ0) is 9.98. The highest BCUT2D eigenvalue weighted by Crippen LogP contribution is 1.83. The Bertz CT molecular complexity index is 71.5. The van der Waals surface area contributed by atoms with Gasteiger partial charge < -0.3 is 20.4 Å². The minimum absolute atomic E-state index is 0.0810. The van der Waals surface area contributed by atoms with Crippen LogP contribution < -0.4 is 0 Å². The fraction of sp³-hybridized carbons (Fsp3) is 1.00. The van der Waals surface area contributed by atoms with Gasteiger partial charge in [-0.05, 0) is 19.8 Å². The van der Waals surface area contributed by atoms with Gasteiger partial charge in [0.05, 0.1) is 18.8 Å². The van der Waals surface area contributed by atoms with Crippen LogP contribution in [0.1, 0.15) is 26.7 Å². The minimum Gasteiger partial charge on any atom is -0.396 e. The minimum atomic E-state index is -0.509. The zero-order valence-electron chi connectivity index (χ0n) is 7.77. The average molecular weight is 180 g/mol. The number of aliphatic hydroxyl groups is 4. The summed E-state index contributed by atoms with van der Waals surface area (Å²) in [6.07, 6.45) is 0.260. The largest absolute Gasteiger partial charge is 0.396 e. The lowest BCUT2D eigenvalue weighted by Gasteiger charge is -1.97. The highest BCUT2D eigenvalue weighted by Gasteiger charge is 1.92. The van der Waals surface area contributed by atoms with Crippen molar-refractivity contribution in [2.75, 3.05) is 13.2 Å². The molecule has 0 saturated heterocycles. The fourth-order valence-corrected chi connectivity index (χ4v) is 0.316. The van der Waals surface area contributed by atoms with Crippen LogP contribution in [0.4, 0.5) is 0 Å². The predicted octanol–water partition coefficient (Wildman–Crippen LogP) is -0.501. The second kappa shape index (κ2) is 10.8. The van der Waals surface area contributed by atoms with Crippen molar-refractivity contribution >= 4 is 0 Å². The Hall–Kier alpha value is -0.160. The van der Waals surface area contributed by atoms with Gasteiger partial charge in [-0.3, -0.25) is 0 Å². The molecule has 0 rings (SSSR count). The van der Waals surface area contributed by atoms with Crippen molar-refractivity contribution in [1.29, 1.82) is 0 Å². The van der Waals surface area contributed by atoms with Gasteiger partial charge in [-0.25, -0.2) is 0 Å². The van der Waals surface area contributed by atoms with Crippen LogP contribution >= 0.6 is 0 Å². The van der Waals surface area contributed by atoms with E-state index in [1.54, 1.807) is 6.92 Å². The Morgan fingerprint density at radius 1 is 1.17 bits per heavy atom. The van der Waals surface area contributed by atoms with E-state index in [1.165, 1.54) is 0 Å². The van der Waals surface area contributed by atoms with E-state index in [9.17, 15) is 0 Å². The normalized spacial score (nSPS) is 14.5. The van der Waals surface area contributed by atoms with Gasteiger partial charge in [0.2, 0.25) is 0 Å². The summed E-state index contributed by atoms with van der Waals surface area (Å²) in [6, 6.07) is 0. The Labute approximate surface area is 73.5 Å². The van der Waals surface area contributed by atoms with Gasteiger partial charge in [-0.15, -0.1) is 0 Å². The molecule has 0 aromatic heterocycles. The standard InChI is InChI=1S/2C4H10O2/c1-4(6)2-3-5;1-2-4(6)3-5/h2*4-6H,2-3H2,1H3. The van der Waals surface area contributed by atoms with Gasteiger partial charge in [-0.2, -0.15) is 0 Å². The molecule has 0 fully saturated rings. The van der Waals surface area contributed by atoms with E-state index in [2.05, 4.69) is 0 Å². The maximum atomic E-state index is 8.42. The summed E-state index contributed by atoms with van der Waals surface area (Å²) in [5.74, 6) is 0. The molecule has 0 spiro atoms. The summed E-state index contributed by atoms with van der Waals surface area (Å²) in [6.45, 7) is 3.44. The summed E-state index contributed by atoms with van der Waals surface area (Å²) < 4.78 is 0. The molecule has 2 unspecified atom stereocenters. The molecule has 4 N–H and O–H groups in total. The average Bonchev–Trinajstić information content (AvgIpc) is 2.04. The van der Waals surface area contributed by atoms with Crippen molar-refractivity contribution in [3.8, 4) is 0 Å². The Morgan fingerprint density at radius 2 is 1.67 bits per heavy atom. The van der Waals surface area contributed by atoms with Crippen molar-refractivity contribution in [1.82, 2.24) is 0 Å². The second-order valence-electron chi connectivity index (χ2n) is 2.61. The monoisotopic (exact) mass is 180 g/mol. The first-order valence-corrected chi connectivity index (χ1v) is 4.16. The molecule has 2 atom stereocenters. The molecule has 0 saturated carbocycles. The molecule has 12 heavy (non-hydrogen) atoms. The molecule has 76 valence electrons. The quantitative estimate of drug-likeness (QED) is 0.470. The van der Waals surface area contributed by atoms with Gasteiger partial charge in [0.1, 0.15) is 0 Å². The first kappa shape index (κ1) is 14.4. The Kier molecular flexibility index (Phi) is 13.0. The number of aliphatic hydroxyl groups excluding tert-OH is 4. The molecule has 0 bridgehead atoms. The van der Waals surface area contributed by atoms with Crippen molar-refractivity contribution in [2.24, 2.45) is 0 Å². The van der Waals surface area contributed by atoms with E-state index in [4.69, 9.17) is 20.4 Å². The fourth-order valence-electron chi connectivity index (χ4n) is 0.316. The molecule has 0 aromatic rings. The first-order chi connectivity index (χ1) is 5.58. The third-order valence-corrected chi connectivity index (χ3v) is 1.23. The molecule has 0 aliphatic carbocycles. The lowest BCUT2D eigenvalue weighted by molar-refractivity contribution is 0.0923. The third kappa shape index (κ3) is 16.4. The topological polar surface area (TPSA) is 80.9 Å². The van der Waals surface area contributed by atoms with E-state index in [0.717, 1.165) is 0 Å². The van der Waals surface area contributed by atoms with Crippen LogP contribution in [0.5, 0.6) is 0 Å². The van der Waals surface area contributed by atoms with E-state index in [-0.39, 0.29) is 19.3 Å². The van der Waals surface area contributed by atoms with Gasteiger partial charge in [-0.1, -0.05) is 6.92 Å². The summed E-state index contributed by atoms with van der Waals surface area (Å²) in [5, 5.41) is 33.0. The van der Waals surface area contributed by atoms with Crippen LogP contribution in [0.2, 0.25) is 0 Å². The van der Waals surface area contributed by atoms with Gasteiger partial charge in [0.15, 0.2) is 0 Å². The van der Waals surface area contributed by atoms with Crippen LogP contribution in [0.15, 0.2) is 0 Å². The van der Waals surface area contributed by atoms with Crippen molar-refractivity contribution in [3.05, 3.63) is 0 Å². The van der Waals surface area contributed by atoms with Crippen LogP contribution in [-0.2, 0) is 0 Å². The van der Waals surface area contributed by atoms with Crippen molar-refractivity contribution < 1.29 is 20.4 Å². The molecule has 4 nitrogen and oxygen atoms in total. The smallest absolute Gasteiger partial charge is 0.0768 e. The van der Waals surface area contributed by atoms with Crippen LogP contribution in [0.25, 0.3) is 0 Å². The highest BCUT2D eigenvalue weighted by molar-refractivity contribution is 4.43. The number of hydrogen-bond donors (Lipinski definition) is 4. The van der Waals surface area contributed by atoms with E-state index in [1.807, 2.05) is 6.92 Å². The Balaban J connectivity index is 0.